The van der Waals surface area contributed by atoms with Crippen molar-refractivity contribution < 1.29 is 14.3 Å². The fraction of sp³-hybridized carbons (Fsp3) is 0.667. The maximum atomic E-state index is 11.0. The van der Waals surface area contributed by atoms with Gasteiger partial charge in [0.2, 0.25) is 6.29 Å². The average molecular weight is 183 g/mol. The third-order valence-corrected chi connectivity index (χ3v) is 2.42. The summed E-state index contributed by atoms with van der Waals surface area (Å²) in [5.41, 5.74) is 0.880. The van der Waals surface area contributed by atoms with Gasteiger partial charge in [-0.25, -0.2) is 4.79 Å². The van der Waals surface area contributed by atoms with Gasteiger partial charge in [-0.05, 0) is 12.8 Å². The van der Waals surface area contributed by atoms with Crippen LogP contribution in [0.4, 0.5) is 0 Å². The molecular formula is C9H13NO3. The number of nitrogens with zero attached hydrogens (tertiary/aromatic N) is 1. The van der Waals surface area contributed by atoms with E-state index in [-0.39, 0.29) is 5.97 Å². The summed E-state index contributed by atoms with van der Waals surface area (Å²) in [6.45, 7) is 2.00. The van der Waals surface area contributed by atoms with Crippen LogP contribution in [0, 0.1) is 0 Å². The minimum absolute atomic E-state index is 0.297. The number of carbonyl (C=O) groups is 1. The number of rotatable bonds is 2. The van der Waals surface area contributed by atoms with Crippen molar-refractivity contribution in [1.29, 1.82) is 0 Å². The Morgan fingerprint density at radius 3 is 2.85 bits per heavy atom. The molecule has 2 rings (SSSR count). The Labute approximate surface area is 77.1 Å². The molecule has 0 saturated carbocycles. The first-order valence-corrected chi connectivity index (χ1v) is 4.51. The quantitative estimate of drug-likeness (QED) is 0.584. The maximum Gasteiger partial charge on any atom is 0.335 e. The Kier molecular flexibility index (Phi) is 2.22. The summed E-state index contributed by atoms with van der Waals surface area (Å²) in [5.74, 6) is -0.297. The Morgan fingerprint density at radius 2 is 2.23 bits per heavy atom. The van der Waals surface area contributed by atoms with Crippen LogP contribution in [0.25, 0.3) is 0 Å². The molecule has 0 amide bonds. The van der Waals surface area contributed by atoms with E-state index in [2.05, 4.69) is 4.90 Å². The number of methoxy groups -OCH3 is 1. The second-order valence-electron chi connectivity index (χ2n) is 3.27. The van der Waals surface area contributed by atoms with Gasteiger partial charge in [-0.15, -0.1) is 0 Å². The van der Waals surface area contributed by atoms with Crippen molar-refractivity contribution in [2.45, 2.75) is 19.1 Å². The Morgan fingerprint density at radius 1 is 1.54 bits per heavy atom. The fourth-order valence-corrected chi connectivity index (χ4v) is 1.77. The summed E-state index contributed by atoms with van der Waals surface area (Å²) in [4.78, 5) is 13.1. The highest BCUT2D eigenvalue weighted by Gasteiger charge is 2.31. The molecule has 72 valence electrons. The predicted octanol–water partition coefficient (Wildman–Crippen LogP) is 0.495. The third kappa shape index (κ3) is 1.54. The van der Waals surface area contributed by atoms with Crippen molar-refractivity contribution in [3.8, 4) is 0 Å². The molecule has 4 nitrogen and oxygen atoms in total. The number of ether oxygens (including phenoxy) is 2. The summed E-state index contributed by atoms with van der Waals surface area (Å²) in [6.07, 6.45) is 3.41. The first-order valence-electron chi connectivity index (χ1n) is 4.51. The van der Waals surface area contributed by atoms with Crippen molar-refractivity contribution in [3.63, 3.8) is 0 Å². The third-order valence-electron chi connectivity index (χ3n) is 2.42. The summed E-state index contributed by atoms with van der Waals surface area (Å²) in [6, 6.07) is 0. The van der Waals surface area contributed by atoms with Crippen molar-refractivity contribution in [3.05, 3.63) is 11.8 Å². The smallest absolute Gasteiger partial charge is 0.335 e. The Bertz CT molecular complexity index is 243. The van der Waals surface area contributed by atoms with E-state index >= 15 is 0 Å². The van der Waals surface area contributed by atoms with Crippen molar-refractivity contribution >= 4 is 5.97 Å². The molecule has 0 radical (unpaired) electrons. The minimum atomic E-state index is -0.481. The lowest BCUT2D eigenvalue weighted by atomic mass is 10.4. The van der Waals surface area contributed by atoms with E-state index in [0.29, 0.717) is 0 Å². The van der Waals surface area contributed by atoms with Gasteiger partial charge in [0.05, 0.1) is 5.70 Å². The van der Waals surface area contributed by atoms with Crippen molar-refractivity contribution in [1.82, 2.24) is 4.90 Å². The highest BCUT2D eigenvalue weighted by Crippen LogP contribution is 2.23. The van der Waals surface area contributed by atoms with Crippen LogP contribution in [0.2, 0.25) is 0 Å². The second kappa shape index (κ2) is 3.38. The molecule has 0 bridgehead atoms. The van der Waals surface area contributed by atoms with Gasteiger partial charge in [0.1, 0.15) is 0 Å². The van der Waals surface area contributed by atoms with E-state index in [1.165, 1.54) is 18.9 Å². The van der Waals surface area contributed by atoms with E-state index in [9.17, 15) is 4.79 Å². The van der Waals surface area contributed by atoms with E-state index < -0.39 is 6.29 Å². The molecule has 13 heavy (non-hydrogen) atoms. The standard InChI is InChI=1S/C9H13NO3/c1-12-9-7(6-8(11)13-9)10-4-2-3-5-10/h6,9H,2-5H2,1H3. The molecule has 1 atom stereocenters. The molecule has 0 aromatic carbocycles. The van der Waals surface area contributed by atoms with Gasteiger partial charge in [0.15, 0.2) is 0 Å². The van der Waals surface area contributed by atoms with Crippen LogP contribution in [0.5, 0.6) is 0 Å². The highest BCUT2D eigenvalue weighted by molar-refractivity contribution is 5.85. The van der Waals surface area contributed by atoms with Gasteiger partial charge >= 0.3 is 5.97 Å². The lowest BCUT2D eigenvalue weighted by Gasteiger charge is -2.22. The van der Waals surface area contributed by atoms with Gasteiger partial charge in [0.25, 0.3) is 0 Å². The van der Waals surface area contributed by atoms with Crippen LogP contribution in [0.3, 0.4) is 0 Å². The van der Waals surface area contributed by atoms with Crippen LogP contribution in [0.1, 0.15) is 12.8 Å². The van der Waals surface area contributed by atoms with Crippen molar-refractivity contribution in [2.75, 3.05) is 20.2 Å². The molecule has 0 aliphatic carbocycles. The van der Waals surface area contributed by atoms with Crippen LogP contribution in [-0.2, 0) is 14.3 Å². The predicted molar refractivity (Wildman–Crippen MR) is 45.8 cm³/mol. The molecule has 2 aliphatic rings. The zero-order chi connectivity index (χ0) is 9.26. The Balaban J connectivity index is 2.10. The van der Waals surface area contributed by atoms with Gasteiger partial charge in [-0.2, -0.15) is 0 Å². The first kappa shape index (κ1) is 8.56. The highest BCUT2D eigenvalue weighted by atomic mass is 16.7. The van der Waals surface area contributed by atoms with Crippen molar-refractivity contribution in [2.24, 2.45) is 0 Å². The number of esters is 1. The number of cyclic esters (lactones) is 1. The molecule has 1 saturated heterocycles. The molecule has 1 unspecified atom stereocenters. The zero-order valence-electron chi connectivity index (χ0n) is 7.66. The maximum absolute atomic E-state index is 11.0. The minimum Gasteiger partial charge on any atom is -0.426 e. The number of hydrogen-bond donors (Lipinski definition) is 0. The van der Waals surface area contributed by atoms with Crippen LogP contribution < -0.4 is 0 Å². The first-order chi connectivity index (χ1) is 6.31. The zero-order valence-corrected chi connectivity index (χ0v) is 7.66. The summed E-state index contributed by atoms with van der Waals surface area (Å²) >= 11 is 0. The monoisotopic (exact) mass is 183 g/mol. The second-order valence-corrected chi connectivity index (χ2v) is 3.27. The molecule has 0 spiro atoms. The average Bonchev–Trinajstić information content (AvgIpc) is 2.71. The summed E-state index contributed by atoms with van der Waals surface area (Å²) in [7, 11) is 1.55. The van der Waals surface area contributed by atoms with E-state index in [0.717, 1.165) is 18.8 Å². The molecule has 1 fully saturated rings. The van der Waals surface area contributed by atoms with Gasteiger partial charge in [-0.1, -0.05) is 0 Å². The van der Waals surface area contributed by atoms with Gasteiger partial charge < -0.3 is 14.4 Å². The number of hydrogen-bond acceptors (Lipinski definition) is 4. The lowest BCUT2D eigenvalue weighted by molar-refractivity contribution is -0.156. The molecule has 0 N–H and O–H groups in total. The fourth-order valence-electron chi connectivity index (χ4n) is 1.77. The van der Waals surface area contributed by atoms with Gasteiger partial charge in [-0.3, -0.25) is 0 Å². The lowest BCUT2D eigenvalue weighted by Crippen LogP contribution is -2.27. The largest absolute Gasteiger partial charge is 0.426 e. The topological polar surface area (TPSA) is 38.8 Å². The number of carbonyl (C=O) groups excluding carboxylic acids is 1. The number of likely N-dealkylation sites (tertiary alicyclic amines) is 1. The van der Waals surface area contributed by atoms with E-state index in [4.69, 9.17) is 9.47 Å². The normalized spacial score (nSPS) is 27.8. The molecule has 2 heterocycles. The SMILES string of the molecule is COC1OC(=O)C=C1N1CCCC1. The van der Waals surface area contributed by atoms with Crippen LogP contribution >= 0.6 is 0 Å². The summed E-state index contributed by atoms with van der Waals surface area (Å²) < 4.78 is 9.99. The molecule has 2 aliphatic heterocycles. The summed E-state index contributed by atoms with van der Waals surface area (Å²) in [5, 5.41) is 0. The molecule has 4 heteroatoms. The molecular weight excluding hydrogens is 170 g/mol. The van der Waals surface area contributed by atoms with E-state index in [1.54, 1.807) is 7.11 Å². The molecule has 0 aromatic heterocycles. The van der Waals surface area contributed by atoms with Gasteiger partial charge in [0, 0.05) is 26.3 Å². The Hall–Kier alpha value is -1.03. The molecule has 0 aromatic rings. The van der Waals surface area contributed by atoms with Crippen LogP contribution in [-0.4, -0.2) is 37.4 Å². The van der Waals surface area contributed by atoms with E-state index in [1.807, 2.05) is 0 Å². The van der Waals surface area contributed by atoms with Crippen LogP contribution in [0.15, 0.2) is 11.8 Å².